The summed E-state index contributed by atoms with van der Waals surface area (Å²) in [7, 11) is 0. The van der Waals surface area contributed by atoms with E-state index in [0.29, 0.717) is 19.8 Å². The molecule has 19 heavy (non-hydrogen) atoms. The van der Waals surface area contributed by atoms with Crippen LogP contribution in [0.25, 0.3) is 0 Å². The maximum Gasteiger partial charge on any atom is 0.175 e. The quantitative estimate of drug-likeness (QED) is 0.477. The van der Waals surface area contributed by atoms with Crippen LogP contribution in [0.15, 0.2) is 16.6 Å². The van der Waals surface area contributed by atoms with E-state index in [1.807, 2.05) is 32.9 Å². The van der Waals surface area contributed by atoms with E-state index in [4.69, 9.17) is 14.2 Å². The van der Waals surface area contributed by atoms with Gasteiger partial charge in [0, 0.05) is 5.33 Å². The van der Waals surface area contributed by atoms with Crippen molar-refractivity contribution in [2.45, 2.75) is 32.2 Å². The average molecular weight is 396 g/mol. The minimum Gasteiger partial charge on any atom is -0.490 e. The minimum atomic E-state index is 0.217. The molecule has 1 rings (SSSR count). The minimum absolute atomic E-state index is 0.217. The Morgan fingerprint density at radius 3 is 2.47 bits per heavy atom. The Morgan fingerprint density at radius 1 is 1.16 bits per heavy atom. The highest BCUT2D eigenvalue weighted by molar-refractivity contribution is 9.10. The second kappa shape index (κ2) is 8.82. The molecule has 0 aromatic heterocycles. The number of rotatable bonds is 8. The molecule has 0 saturated carbocycles. The third-order valence-electron chi connectivity index (χ3n) is 2.30. The third kappa shape index (κ3) is 5.71. The van der Waals surface area contributed by atoms with Gasteiger partial charge >= 0.3 is 0 Å². The Labute approximate surface area is 131 Å². The van der Waals surface area contributed by atoms with Gasteiger partial charge in [-0.05, 0) is 54.4 Å². The van der Waals surface area contributed by atoms with Gasteiger partial charge in [0.25, 0.3) is 0 Å². The highest BCUT2D eigenvalue weighted by Gasteiger charge is 2.12. The maximum atomic E-state index is 5.76. The van der Waals surface area contributed by atoms with Gasteiger partial charge in [-0.15, -0.1) is 0 Å². The van der Waals surface area contributed by atoms with Crippen molar-refractivity contribution in [1.82, 2.24) is 0 Å². The smallest absolute Gasteiger partial charge is 0.175 e. The first-order chi connectivity index (χ1) is 9.08. The van der Waals surface area contributed by atoms with Gasteiger partial charge in [-0.3, -0.25) is 0 Å². The molecule has 0 aliphatic carbocycles. The monoisotopic (exact) mass is 394 g/mol. The molecule has 1 aromatic rings. The molecule has 0 fully saturated rings. The highest BCUT2D eigenvalue weighted by Crippen LogP contribution is 2.37. The normalized spacial score (nSPS) is 10.8. The van der Waals surface area contributed by atoms with Crippen LogP contribution in [0.3, 0.4) is 0 Å². The second-order valence-corrected chi connectivity index (χ2v) is 5.65. The maximum absolute atomic E-state index is 5.76. The number of hydrogen-bond donors (Lipinski definition) is 0. The lowest BCUT2D eigenvalue weighted by atomic mass is 10.2. The van der Waals surface area contributed by atoms with Crippen LogP contribution in [0.2, 0.25) is 0 Å². The summed E-state index contributed by atoms with van der Waals surface area (Å²) in [5, 5.41) is 0.780. The number of hydrogen-bond acceptors (Lipinski definition) is 3. The van der Waals surface area contributed by atoms with E-state index in [2.05, 4.69) is 31.9 Å². The lowest BCUT2D eigenvalue weighted by Gasteiger charge is -2.15. The van der Waals surface area contributed by atoms with Gasteiger partial charge in [-0.2, -0.15) is 0 Å². The molecule has 0 N–H and O–H groups in total. The van der Waals surface area contributed by atoms with Crippen LogP contribution in [0.4, 0.5) is 0 Å². The number of halogens is 2. The van der Waals surface area contributed by atoms with Crippen LogP contribution in [0.1, 0.15) is 26.3 Å². The standard InChI is InChI=1S/C14H20Br2O3/c1-4-17-13-8-11(9-15)7-12(16)14(13)19-6-5-18-10(2)3/h7-8,10H,4-6,9H2,1-3H3. The summed E-state index contributed by atoms with van der Waals surface area (Å²) in [5.74, 6) is 1.50. The Morgan fingerprint density at radius 2 is 1.89 bits per heavy atom. The SMILES string of the molecule is CCOc1cc(CBr)cc(Br)c1OCCOC(C)C. The van der Waals surface area contributed by atoms with Gasteiger partial charge in [-0.25, -0.2) is 0 Å². The molecule has 3 nitrogen and oxygen atoms in total. The van der Waals surface area contributed by atoms with E-state index in [9.17, 15) is 0 Å². The number of ether oxygens (including phenoxy) is 3. The van der Waals surface area contributed by atoms with Crippen molar-refractivity contribution in [2.75, 3.05) is 19.8 Å². The summed E-state index contributed by atoms with van der Waals surface area (Å²) in [6.45, 7) is 7.65. The molecule has 0 amide bonds. The van der Waals surface area contributed by atoms with E-state index in [1.165, 1.54) is 0 Å². The first kappa shape index (κ1) is 16.8. The molecule has 0 spiro atoms. The van der Waals surface area contributed by atoms with Crippen LogP contribution in [-0.2, 0) is 10.1 Å². The van der Waals surface area contributed by atoms with Crippen LogP contribution in [-0.4, -0.2) is 25.9 Å². The van der Waals surface area contributed by atoms with Gasteiger partial charge in [-0.1, -0.05) is 15.9 Å². The van der Waals surface area contributed by atoms with Crippen LogP contribution >= 0.6 is 31.9 Å². The fraction of sp³-hybridized carbons (Fsp3) is 0.571. The summed E-state index contributed by atoms with van der Waals surface area (Å²) in [5.41, 5.74) is 1.14. The van der Waals surface area contributed by atoms with Gasteiger partial charge < -0.3 is 14.2 Å². The average Bonchev–Trinajstić information content (AvgIpc) is 2.36. The summed E-state index contributed by atoms with van der Waals surface area (Å²) >= 11 is 6.97. The summed E-state index contributed by atoms with van der Waals surface area (Å²) in [4.78, 5) is 0. The largest absolute Gasteiger partial charge is 0.490 e. The molecule has 0 aliphatic rings. The number of benzene rings is 1. The second-order valence-electron chi connectivity index (χ2n) is 4.24. The van der Waals surface area contributed by atoms with E-state index in [1.54, 1.807) is 0 Å². The van der Waals surface area contributed by atoms with Crippen molar-refractivity contribution in [1.29, 1.82) is 0 Å². The molecule has 0 aliphatic heterocycles. The van der Waals surface area contributed by atoms with Crippen molar-refractivity contribution in [2.24, 2.45) is 0 Å². The van der Waals surface area contributed by atoms with Crippen molar-refractivity contribution >= 4 is 31.9 Å². The van der Waals surface area contributed by atoms with E-state index in [0.717, 1.165) is 26.9 Å². The highest BCUT2D eigenvalue weighted by atomic mass is 79.9. The van der Waals surface area contributed by atoms with Gasteiger partial charge in [0.1, 0.15) is 6.61 Å². The first-order valence-electron chi connectivity index (χ1n) is 6.34. The molecule has 1 aromatic carbocycles. The van der Waals surface area contributed by atoms with Crippen molar-refractivity contribution in [3.05, 3.63) is 22.2 Å². The fourth-order valence-corrected chi connectivity index (χ4v) is 2.46. The summed E-state index contributed by atoms with van der Waals surface area (Å²) < 4.78 is 17.7. The fourth-order valence-electron chi connectivity index (χ4n) is 1.53. The topological polar surface area (TPSA) is 27.7 Å². The molecule has 0 unspecified atom stereocenters. The molecule has 0 bridgehead atoms. The zero-order chi connectivity index (χ0) is 14.3. The third-order valence-corrected chi connectivity index (χ3v) is 3.54. The molecule has 0 saturated heterocycles. The van der Waals surface area contributed by atoms with Crippen molar-refractivity contribution in [3.8, 4) is 11.5 Å². The Hall–Kier alpha value is -0.260. The molecular formula is C14H20Br2O3. The van der Waals surface area contributed by atoms with Crippen LogP contribution in [0.5, 0.6) is 11.5 Å². The summed E-state index contributed by atoms with van der Waals surface area (Å²) in [6, 6.07) is 4.01. The van der Waals surface area contributed by atoms with Crippen LogP contribution in [0, 0.1) is 0 Å². The lowest BCUT2D eigenvalue weighted by Crippen LogP contribution is -2.12. The van der Waals surface area contributed by atoms with E-state index in [-0.39, 0.29) is 6.10 Å². The van der Waals surface area contributed by atoms with E-state index < -0.39 is 0 Å². The Kier molecular flexibility index (Phi) is 7.80. The van der Waals surface area contributed by atoms with E-state index >= 15 is 0 Å². The molecule has 5 heteroatoms. The lowest BCUT2D eigenvalue weighted by molar-refractivity contribution is 0.0544. The van der Waals surface area contributed by atoms with Gasteiger partial charge in [0.05, 0.1) is 23.8 Å². The first-order valence-corrected chi connectivity index (χ1v) is 8.25. The summed E-state index contributed by atoms with van der Waals surface area (Å²) in [6.07, 6.45) is 0.217. The zero-order valence-corrected chi connectivity index (χ0v) is 14.7. The van der Waals surface area contributed by atoms with Crippen molar-refractivity contribution in [3.63, 3.8) is 0 Å². The molecule has 0 heterocycles. The predicted molar refractivity (Wildman–Crippen MR) is 84.5 cm³/mol. The molecule has 0 atom stereocenters. The Balaban J connectivity index is 2.74. The van der Waals surface area contributed by atoms with Gasteiger partial charge in [0.15, 0.2) is 11.5 Å². The molecular weight excluding hydrogens is 376 g/mol. The number of alkyl halides is 1. The van der Waals surface area contributed by atoms with Crippen LogP contribution < -0.4 is 9.47 Å². The van der Waals surface area contributed by atoms with Gasteiger partial charge in [0.2, 0.25) is 0 Å². The van der Waals surface area contributed by atoms with Crippen molar-refractivity contribution < 1.29 is 14.2 Å². The zero-order valence-electron chi connectivity index (χ0n) is 11.5. The Bertz CT molecular complexity index is 395. The molecule has 108 valence electrons. The predicted octanol–water partition coefficient (Wildman–Crippen LogP) is 4.55. The molecule has 0 radical (unpaired) electrons.